The van der Waals surface area contributed by atoms with Crippen LogP contribution < -0.4 is 11.3 Å². The van der Waals surface area contributed by atoms with Gasteiger partial charge in [0.2, 0.25) is 5.56 Å². The maximum absolute atomic E-state index is 11.2. The Balaban J connectivity index is 2.60. The van der Waals surface area contributed by atoms with Crippen LogP contribution in [-0.2, 0) is 0 Å². The minimum atomic E-state index is -0.139. The van der Waals surface area contributed by atoms with Crippen LogP contribution in [0.2, 0.25) is 0 Å². The second kappa shape index (κ2) is 3.84. The fourth-order valence-electron chi connectivity index (χ4n) is 1.75. The molecule has 0 saturated carbocycles. The van der Waals surface area contributed by atoms with Crippen molar-refractivity contribution in [1.82, 2.24) is 15.2 Å². The average molecular weight is 218 g/mol. The number of aromatic nitrogens is 3. The summed E-state index contributed by atoms with van der Waals surface area (Å²) in [6, 6.07) is 4.99. The van der Waals surface area contributed by atoms with Crippen LogP contribution in [0, 0.1) is 0 Å². The first kappa shape index (κ1) is 10.5. The van der Waals surface area contributed by atoms with Crippen LogP contribution in [0.15, 0.2) is 23.0 Å². The molecule has 0 fully saturated rings. The largest absolute Gasteiger partial charge is 0.382 e. The molecule has 0 amide bonds. The van der Waals surface area contributed by atoms with Crippen LogP contribution in [-0.4, -0.2) is 15.2 Å². The molecule has 2 rings (SSSR count). The van der Waals surface area contributed by atoms with Gasteiger partial charge in [-0.1, -0.05) is 19.9 Å². The van der Waals surface area contributed by atoms with Gasteiger partial charge in [-0.25, -0.2) is 0 Å². The fraction of sp³-hybridized carbons (Fsp3) is 0.273. The molecule has 0 unspecified atom stereocenters. The molecule has 0 aromatic carbocycles. The van der Waals surface area contributed by atoms with Crippen molar-refractivity contribution in [3.8, 4) is 11.4 Å². The SMILES string of the molecule is CC(C)c1c(N)n[nH]c1-c1cccc(=O)[nH]1. The first-order chi connectivity index (χ1) is 7.59. The summed E-state index contributed by atoms with van der Waals surface area (Å²) < 4.78 is 0. The molecule has 2 heterocycles. The summed E-state index contributed by atoms with van der Waals surface area (Å²) in [7, 11) is 0. The molecule has 0 aliphatic heterocycles. The number of aromatic amines is 2. The monoisotopic (exact) mass is 218 g/mol. The van der Waals surface area contributed by atoms with Crippen LogP contribution in [0.3, 0.4) is 0 Å². The normalized spacial score (nSPS) is 10.9. The molecular formula is C11H14N4O. The van der Waals surface area contributed by atoms with Crippen molar-refractivity contribution in [1.29, 1.82) is 0 Å². The maximum Gasteiger partial charge on any atom is 0.248 e. The average Bonchev–Trinajstić information content (AvgIpc) is 2.60. The molecule has 0 aliphatic rings. The van der Waals surface area contributed by atoms with Gasteiger partial charge >= 0.3 is 0 Å². The lowest BCUT2D eigenvalue weighted by atomic mass is 10.0. The van der Waals surface area contributed by atoms with Crippen molar-refractivity contribution >= 4 is 5.82 Å². The molecule has 5 nitrogen and oxygen atoms in total. The molecule has 4 N–H and O–H groups in total. The Bertz CT molecular complexity index is 553. The molecule has 0 bridgehead atoms. The Hall–Kier alpha value is -2.04. The molecule has 0 aliphatic carbocycles. The van der Waals surface area contributed by atoms with Crippen molar-refractivity contribution < 1.29 is 0 Å². The number of nitrogen functional groups attached to an aromatic ring is 1. The van der Waals surface area contributed by atoms with Gasteiger partial charge in [0.05, 0.1) is 11.4 Å². The summed E-state index contributed by atoms with van der Waals surface area (Å²) in [5, 5.41) is 6.83. The number of H-pyrrole nitrogens is 2. The van der Waals surface area contributed by atoms with Crippen LogP contribution in [0.4, 0.5) is 5.82 Å². The van der Waals surface area contributed by atoms with Gasteiger partial charge in [0.25, 0.3) is 0 Å². The van der Waals surface area contributed by atoms with Crippen LogP contribution in [0.25, 0.3) is 11.4 Å². The van der Waals surface area contributed by atoms with E-state index in [4.69, 9.17) is 5.73 Å². The zero-order valence-electron chi connectivity index (χ0n) is 9.24. The molecule has 16 heavy (non-hydrogen) atoms. The first-order valence-corrected chi connectivity index (χ1v) is 5.13. The molecule has 84 valence electrons. The van der Waals surface area contributed by atoms with Gasteiger partial charge in [0.15, 0.2) is 0 Å². The summed E-state index contributed by atoms with van der Waals surface area (Å²) in [4.78, 5) is 14.0. The number of pyridine rings is 1. The summed E-state index contributed by atoms with van der Waals surface area (Å²) in [5.74, 6) is 0.729. The van der Waals surface area contributed by atoms with E-state index in [-0.39, 0.29) is 11.5 Å². The van der Waals surface area contributed by atoms with Crippen LogP contribution >= 0.6 is 0 Å². The zero-order valence-corrected chi connectivity index (χ0v) is 9.24. The fourth-order valence-corrected chi connectivity index (χ4v) is 1.75. The topological polar surface area (TPSA) is 87.6 Å². The summed E-state index contributed by atoms with van der Waals surface area (Å²) in [5.41, 5.74) is 8.07. The predicted octanol–water partition coefficient (Wildman–Crippen LogP) is 1.47. The Labute approximate surface area is 92.7 Å². The van der Waals surface area contributed by atoms with Crippen molar-refractivity contribution in [2.75, 3.05) is 5.73 Å². The maximum atomic E-state index is 11.2. The van der Waals surface area contributed by atoms with Crippen molar-refractivity contribution in [3.05, 3.63) is 34.1 Å². The van der Waals surface area contributed by atoms with Gasteiger partial charge in [-0.3, -0.25) is 9.89 Å². The van der Waals surface area contributed by atoms with E-state index in [0.717, 1.165) is 11.3 Å². The number of hydrogen-bond acceptors (Lipinski definition) is 3. The van der Waals surface area contributed by atoms with Crippen LogP contribution in [0.5, 0.6) is 0 Å². The number of nitrogens with one attached hydrogen (secondary N) is 2. The van der Waals surface area contributed by atoms with Gasteiger partial charge in [-0.2, -0.15) is 5.10 Å². The third-order valence-corrected chi connectivity index (χ3v) is 2.45. The van der Waals surface area contributed by atoms with E-state index < -0.39 is 0 Å². The predicted molar refractivity (Wildman–Crippen MR) is 63.1 cm³/mol. The second-order valence-corrected chi connectivity index (χ2v) is 3.98. The quantitative estimate of drug-likeness (QED) is 0.713. The number of rotatable bonds is 2. The van der Waals surface area contributed by atoms with Gasteiger partial charge in [0.1, 0.15) is 5.82 Å². The summed E-state index contributed by atoms with van der Waals surface area (Å²) >= 11 is 0. The number of anilines is 1. The van der Waals surface area contributed by atoms with Crippen molar-refractivity contribution in [2.45, 2.75) is 19.8 Å². The first-order valence-electron chi connectivity index (χ1n) is 5.13. The minimum Gasteiger partial charge on any atom is -0.382 e. The second-order valence-electron chi connectivity index (χ2n) is 3.98. The molecule has 0 radical (unpaired) electrons. The van der Waals surface area contributed by atoms with E-state index in [0.29, 0.717) is 11.5 Å². The Morgan fingerprint density at radius 2 is 2.12 bits per heavy atom. The molecule has 2 aromatic rings. The Morgan fingerprint density at radius 3 is 2.75 bits per heavy atom. The van der Waals surface area contributed by atoms with Gasteiger partial charge in [-0.05, 0) is 12.0 Å². The minimum absolute atomic E-state index is 0.139. The molecular weight excluding hydrogens is 204 g/mol. The molecule has 5 heteroatoms. The van der Waals surface area contributed by atoms with E-state index in [1.165, 1.54) is 6.07 Å². The lowest BCUT2D eigenvalue weighted by molar-refractivity contribution is 0.872. The molecule has 0 spiro atoms. The highest BCUT2D eigenvalue weighted by atomic mass is 16.1. The van der Waals surface area contributed by atoms with Crippen molar-refractivity contribution in [3.63, 3.8) is 0 Å². The molecule has 0 saturated heterocycles. The highest BCUT2D eigenvalue weighted by Crippen LogP contribution is 2.29. The van der Waals surface area contributed by atoms with E-state index >= 15 is 0 Å². The number of hydrogen-bond donors (Lipinski definition) is 3. The lowest BCUT2D eigenvalue weighted by Gasteiger charge is -2.06. The number of nitrogens with zero attached hydrogens (tertiary/aromatic N) is 1. The van der Waals surface area contributed by atoms with E-state index in [2.05, 4.69) is 15.2 Å². The molecule has 0 atom stereocenters. The van der Waals surface area contributed by atoms with Crippen molar-refractivity contribution in [2.24, 2.45) is 0 Å². The Kier molecular flexibility index (Phi) is 2.52. The molecule has 2 aromatic heterocycles. The number of nitrogens with two attached hydrogens (primary N) is 1. The van der Waals surface area contributed by atoms with Crippen LogP contribution in [0.1, 0.15) is 25.3 Å². The van der Waals surface area contributed by atoms with Gasteiger partial charge < -0.3 is 10.7 Å². The highest BCUT2D eigenvalue weighted by Gasteiger charge is 2.15. The smallest absolute Gasteiger partial charge is 0.248 e. The van der Waals surface area contributed by atoms with E-state index in [9.17, 15) is 4.79 Å². The standard InChI is InChI=1S/C11H14N4O/c1-6(2)9-10(14-15-11(9)12)7-4-3-5-8(16)13-7/h3-6H,1-2H3,(H,13,16)(H3,12,14,15). The van der Waals surface area contributed by atoms with Gasteiger partial charge in [0, 0.05) is 11.6 Å². The lowest BCUT2D eigenvalue weighted by Crippen LogP contribution is -2.05. The third-order valence-electron chi connectivity index (χ3n) is 2.45. The Morgan fingerprint density at radius 1 is 1.38 bits per heavy atom. The highest BCUT2D eigenvalue weighted by molar-refractivity contribution is 5.65. The summed E-state index contributed by atoms with van der Waals surface area (Å²) in [6.45, 7) is 4.07. The van der Waals surface area contributed by atoms with E-state index in [1.807, 2.05) is 19.9 Å². The van der Waals surface area contributed by atoms with E-state index in [1.54, 1.807) is 6.07 Å². The zero-order chi connectivity index (χ0) is 11.7. The van der Waals surface area contributed by atoms with Gasteiger partial charge in [-0.15, -0.1) is 0 Å². The third kappa shape index (κ3) is 1.71. The summed E-state index contributed by atoms with van der Waals surface area (Å²) in [6.07, 6.45) is 0.